The highest BCUT2D eigenvalue weighted by atomic mass is 32.2. The van der Waals surface area contributed by atoms with Crippen molar-refractivity contribution in [2.75, 3.05) is 0 Å². The Bertz CT molecular complexity index is 432. The van der Waals surface area contributed by atoms with Crippen molar-refractivity contribution in [1.82, 2.24) is 10.3 Å². The molecular formula is C16H26N2S2. The number of nitrogens with one attached hydrogen (secondary N) is 1. The predicted octanol–water partition coefficient (Wildman–Crippen LogP) is 4.69. The summed E-state index contributed by atoms with van der Waals surface area (Å²) in [6.45, 7) is 5.57. The van der Waals surface area contributed by atoms with Crippen molar-refractivity contribution < 1.29 is 0 Å². The third-order valence-corrected chi connectivity index (χ3v) is 6.83. The fraction of sp³-hybridized carbons (Fsp3) is 0.812. The summed E-state index contributed by atoms with van der Waals surface area (Å²) in [7, 11) is 0. The molecule has 0 aromatic carbocycles. The van der Waals surface area contributed by atoms with Gasteiger partial charge in [-0.1, -0.05) is 26.7 Å². The molecular weight excluding hydrogens is 284 g/mol. The first-order chi connectivity index (χ1) is 9.72. The van der Waals surface area contributed by atoms with Crippen molar-refractivity contribution in [3.63, 3.8) is 0 Å². The molecule has 0 radical (unpaired) electrons. The van der Waals surface area contributed by atoms with E-state index in [1.807, 2.05) is 11.3 Å². The SMILES string of the molecule is CC(C)c1nc(CSC2CCCC2)sc1CNC1CC1. The first-order valence-electron chi connectivity index (χ1n) is 8.06. The molecule has 3 rings (SSSR count). The summed E-state index contributed by atoms with van der Waals surface area (Å²) in [5.41, 5.74) is 1.34. The third kappa shape index (κ3) is 3.99. The molecule has 0 saturated heterocycles. The van der Waals surface area contributed by atoms with Gasteiger partial charge in [-0.2, -0.15) is 11.8 Å². The molecule has 0 aliphatic heterocycles. The second-order valence-corrected chi connectivity index (χ2v) is 8.90. The molecule has 2 fully saturated rings. The topological polar surface area (TPSA) is 24.9 Å². The zero-order valence-corrected chi connectivity index (χ0v) is 14.3. The zero-order chi connectivity index (χ0) is 13.9. The van der Waals surface area contributed by atoms with Gasteiger partial charge >= 0.3 is 0 Å². The molecule has 0 amide bonds. The van der Waals surface area contributed by atoms with E-state index in [1.165, 1.54) is 54.1 Å². The van der Waals surface area contributed by atoms with Crippen LogP contribution >= 0.6 is 23.1 Å². The molecule has 1 aromatic heterocycles. The molecule has 20 heavy (non-hydrogen) atoms. The van der Waals surface area contributed by atoms with Crippen LogP contribution in [-0.4, -0.2) is 16.3 Å². The summed E-state index contributed by atoms with van der Waals surface area (Å²) < 4.78 is 0. The monoisotopic (exact) mass is 310 g/mol. The lowest BCUT2D eigenvalue weighted by atomic mass is 10.1. The Balaban J connectivity index is 1.59. The van der Waals surface area contributed by atoms with Crippen LogP contribution in [0.4, 0.5) is 0 Å². The van der Waals surface area contributed by atoms with Gasteiger partial charge in [0.2, 0.25) is 0 Å². The van der Waals surface area contributed by atoms with Gasteiger partial charge in [-0.3, -0.25) is 0 Å². The number of nitrogens with zero attached hydrogens (tertiary/aromatic N) is 1. The molecule has 0 unspecified atom stereocenters. The van der Waals surface area contributed by atoms with Crippen LogP contribution in [0.3, 0.4) is 0 Å². The van der Waals surface area contributed by atoms with E-state index in [9.17, 15) is 0 Å². The molecule has 2 aliphatic rings. The normalized spacial score (nSPS) is 20.1. The van der Waals surface area contributed by atoms with E-state index in [0.29, 0.717) is 5.92 Å². The standard InChI is InChI=1S/C16H26N2S2/c1-11(2)16-14(9-17-12-7-8-12)20-15(18-16)10-19-13-5-3-4-6-13/h11-13,17H,3-10H2,1-2H3. The van der Waals surface area contributed by atoms with Crippen LogP contribution < -0.4 is 5.32 Å². The molecule has 1 aromatic rings. The average molecular weight is 311 g/mol. The Morgan fingerprint density at radius 3 is 2.65 bits per heavy atom. The molecule has 0 spiro atoms. The lowest BCUT2D eigenvalue weighted by Crippen LogP contribution is -2.15. The van der Waals surface area contributed by atoms with Gasteiger partial charge in [0.1, 0.15) is 5.01 Å². The van der Waals surface area contributed by atoms with Crippen LogP contribution in [-0.2, 0) is 12.3 Å². The summed E-state index contributed by atoms with van der Waals surface area (Å²) in [6, 6.07) is 0.786. The van der Waals surface area contributed by atoms with E-state index in [1.54, 1.807) is 0 Å². The highest BCUT2D eigenvalue weighted by Crippen LogP contribution is 2.34. The summed E-state index contributed by atoms with van der Waals surface area (Å²) in [5, 5.41) is 5.89. The van der Waals surface area contributed by atoms with E-state index >= 15 is 0 Å². The van der Waals surface area contributed by atoms with Crippen molar-refractivity contribution in [2.45, 2.75) is 81.9 Å². The van der Waals surface area contributed by atoms with E-state index in [2.05, 4.69) is 30.9 Å². The minimum atomic E-state index is 0.549. The van der Waals surface area contributed by atoms with Gasteiger partial charge in [-0.25, -0.2) is 4.98 Å². The lowest BCUT2D eigenvalue weighted by Gasteiger charge is -2.06. The van der Waals surface area contributed by atoms with Gasteiger partial charge in [0, 0.05) is 28.5 Å². The van der Waals surface area contributed by atoms with Crippen molar-refractivity contribution >= 4 is 23.1 Å². The van der Waals surface area contributed by atoms with E-state index in [-0.39, 0.29) is 0 Å². The smallest absolute Gasteiger partial charge is 0.103 e. The molecule has 1 N–H and O–H groups in total. The number of thioether (sulfide) groups is 1. The van der Waals surface area contributed by atoms with Crippen molar-refractivity contribution in [1.29, 1.82) is 0 Å². The first-order valence-corrected chi connectivity index (χ1v) is 9.92. The quantitative estimate of drug-likeness (QED) is 0.790. The molecule has 2 aliphatic carbocycles. The maximum absolute atomic E-state index is 4.93. The minimum Gasteiger partial charge on any atom is -0.309 e. The van der Waals surface area contributed by atoms with Crippen LogP contribution in [0, 0.1) is 0 Å². The van der Waals surface area contributed by atoms with Crippen LogP contribution in [0.5, 0.6) is 0 Å². The number of thiazole rings is 1. The summed E-state index contributed by atoms with van der Waals surface area (Å²) in [4.78, 5) is 6.41. The molecule has 0 atom stereocenters. The van der Waals surface area contributed by atoms with Gasteiger partial charge in [0.05, 0.1) is 5.69 Å². The fourth-order valence-electron chi connectivity index (χ4n) is 2.82. The number of aromatic nitrogens is 1. The van der Waals surface area contributed by atoms with Gasteiger partial charge in [-0.15, -0.1) is 11.3 Å². The van der Waals surface area contributed by atoms with Gasteiger partial charge in [0.15, 0.2) is 0 Å². The fourth-order valence-corrected chi connectivity index (χ4v) is 5.34. The second kappa shape index (κ2) is 6.80. The third-order valence-electron chi connectivity index (χ3n) is 4.19. The van der Waals surface area contributed by atoms with Gasteiger partial charge in [-0.05, 0) is 31.6 Å². The van der Waals surface area contributed by atoms with E-state index in [4.69, 9.17) is 4.98 Å². The van der Waals surface area contributed by atoms with Crippen molar-refractivity contribution in [3.8, 4) is 0 Å². The Morgan fingerprint density at radius 1 is 1.25 bits per heavy atom. The second-order valence-electron chi connectivity index (χ2n) is 6.44. The summed E-state index contributed by atoms with van der Waals surface area (Å²) in [5.74, 6) is 1.67. The molecule has 112 valence electrons. The average Bonchev–Trinajstić information content (AvgIpc) is 2.95. The van der Waals surface area contributed by atoms with Crippen molar-refractivity contribution in [3.05, 3.63) is 15.6 Å². The number of hydrogen-bond acceptors (Lipinski definition) is 4. The minimum absolute atomic E-state index is 0.549. The maximum Gasteiger partial charge on any atom is 0.103 e. The molecule has 1 heterocycles. The zero-order valence-electron chi connectivity index (χ0n) is 12.7. The molecule has 2 nitrogen and oxygen atoms in total. The maximum atomic E-state index is 4.93. The van der Waals surface area contributed by atoms with Crippen LogP contribution in [0.2, 0.25) is 0 Å². The Morgan fingerprint density at radius 2 is 2.00 bits per heavy atom. The summed E-state index contributed by atoms with van der Waals surface area (Å²) in [6.07, 6.45) is 8.43. The predicted molar refractivity (Wildman–Crippen MR) is 89.6 cm³/mol. The van der Waals surface area contributed by atoms with Gasteiger partial charge < -0.3 is 5.32 Å². The van der Waals surface area contributed by atoms with Crippen LogP contribution in [0.25, 0.3) is 0 Å². The lowest BCUT2D eigenvalue weighted by molar-refractivity contribution is 0.680. The van der Waals surface area contributed by atoms with Crippen LogP contribution in [0.1, 0.15) is 73.9 Å². The van der Waals surface area contributed by atoms with E-state index < -0.39 is 0 Å². The summed E-state index contributed by atoms with van der Waals surface area (Å²) >= 11 is 4.08. The Hall–Kier alpha value is -0.0600. The highest BCUT2D eigenvalue weighted by Gasteiger charge is 2.22. The molecule has 0 bridgehead atoms. The van der Waals surface area contributed by atoms with E-state index in [0.717, 1.165) is 23.6 Å². The largest absolute Gasteiger partial charge is 0.309 e. The first kappa shape index (κ1) is 14.9. The molecule has 2 saturated carbocycles. The van der Waals surface area contributed by atoms with Gasteiger partial charge in [0.25, 0.3) is 0 Å². The van der Waals surface area contributed by atoms with Crippen molar-refractivity contribution in [2.24, 2.45) is 0 Å². The number of rotatable bonds is 7. The Labute approximate surface area is 131 Å². The Kier molecular flexibility index (Phi) is 5.05. The van der Waals surface area contributed by atoms with Crippen LogP contribution in [0.15, 0.2) is 0 Å². The molecule has 4 heteroatoms. The number of hydrogen-bond donors (Lipinski definition) is 1. The highest BCUT2D eigenvalue weighted by molar-refractivity contribution is 7.99.